The first kappa shape index (κ1) is 22.2. The van der Waals surface area contributed by atoms with Crippen LogP contribution < -0.4 is 4.90 Å². The average molecular weight is 509 g/mol. The van der Waals surface area contributed by atoms with Gasteiger partial charge in [-0.3, -0.25) is 9.69 Å². The number of benzene rings is 3. The van der Waals surface area contributed by atoms with Crippen LogP contribution in [0.5, 0.6) is 0 Å². The lowest BCUT2D eigenvalue weighted by Crippen LogP contribution is -2.27. The van der Waals surface area contributed by atoms with Crippen LogP contribution in [-0.4, -0.2) is 14.8 Å². The van der Waals surface area contributed by atoms with Gasteiger partial charge in [-0.1, -0.05) is 89.1 Å². The van der Waals surface area contributed by atoms with E-state index in [1.165, 1.54) is 11.8 Å². The lowest BCUT2D eigenvalue weighted by atomic mass is 10.1. The van der Waals surface area contributed by atoms with E-state index in [0.29, 0.717) is 25.8 Å². The van der Waals surface area contributed by atoms with E-state index in [0.717, 1.165) is 33.3 Å². The number of halogens is 2. The third-order valence-corrected chi connectivity index (χ3v) is 7.44. The number of fused-ring (bicyclic) bond motifs is 1. The largest absolute Gasteiger partial charge is 0.342 e. The Morgan fingerprint density at radius 1 is 1.03 bits per heavy atom. The van der Waals surface area contributed by atoms with Gasteiger partial charge in [-0.2, -0.15) is 0 Å². The van der Waals surface area contributed by atoms with E-state index in [2.05, 4.69) is 16.7 Å². The number of para-hydroxylation sites is 1. The SMILES string of the molecule is Cc1ccc(N2C(=O)/C(=C/c3cn(Cc4ccc(Cl)cc4Cl)c4ccccc34)SC2=S)cc1. The van der Waals surface area contributed by atoms with Crippen LogP contribution >= 0.6 is 47.2 Å². The summed E-state index contributed by atoms with van der Waals surface area (Å²) in [4.78, 5) is 15.4. The summed E-state index contributed by atoms with van der Waals surface area (Å²) < 4.78 is 2.67. The maximum Gasteiger partial charge on any atom is 0.270 e. The van der Waals surface area contributed by atoms with Crippen LogP contribution in [0.3, 0.4) is 0 Å². The van der Waals surface area contributed by atoms with Gasteiger partial charge >= 0.3 is 0 Å². The monoisotopic (exact) mass is 508 g/mol. The molecule has 164 valence electrons. The molecular weight excluding hydrogens is 491 g/mol. The molecule has 3 aromatic carbocycles. The van der Waals surface area contributed by atoms with Crippen molar-refractivity contribution in [1.29, 1.82) is 0 Å². The van der Waals surface area contributed by atoms with E-state index in [9.17, 15) is 4.79 Å². The molecule has 1 aliphatic rings. The predicted octanol–water partition coefficient (Wildman–Crippen LogP) is 7.71. The van der Waals surface area contributed by atoms with Gasteiger partial charge in [-0.15, -0.1) is 0 Å². The van der Waals surface area contributed by atoms with Gasteiger partial charge in [0.1, 0.15) is 0 Å². The first-order valence-corrected chi connectivity index (χ1v) is 12.3. The molecular formula is C26H18Cl2N2OS2. The Balaban J connectivity index is 1.52. The zero-order chi connectivity index (χ0) is 23.1. The summed E-state index contributed by atoms with van der Waals surface area (Å²) in [5.41, 5.74) is 4.91. The fourth-order valence-corrected chi connectivity index (χ4v) is 5.64. The molecule has 7 heteroatoms. The Hall–Kier alpha value is -2.57. The van der Waals surface area contributed by atoms with E-state index in [1.54, 1.807) is 11.0 Å². The number of thioether (sulfide) groups is 1. The van der Waals surface area contributed by atoms with Gasteiger partial charge in [0.2, 0.25) is 0 Å². The summed E-state index contributed by atoms with van der Waals surface area (Å²) in [6, 6.07) is 21.4. The summed E-state index contributed by atoms with van der Waals surface area (Å²) in [6.07, 6.45) is 3.98. The lowest BCUT2D eigenvalue weighted by Gasteiger charge is -2.14. The highest BCUT2D eigenvalue weighted by Crippen LogP contribution is 2.37. The summed E-state index contributed by atoms with van der Waals surface area (Å²) in [5.74, 6) is -0.105. The summed E-state index contributed by atoms with van der Waals surface area (Å²) >= 11 is 19.3. The van der Waals surface area contributed by atoms with Gasteiger partial charge in [0.05, 0.1) is 10.6 Å². The zero-order valence-corrected chi connectivity index (χ0v) is 20.7. The van der Waals surface area contributed by atoms with E-state index in [-0.39, 0.29) is 5.91 Å². The number of nitrogens with zero attached hydrogens (tertiary/aromatic N) is 2. The topological polar surface area (TPSA) is 25.2 Å². The second-order valence-electron chi connectivity index (χ2n) is 7.82. The number of hydrogen-bond donors (Lipinski definition) is 0. The molecule has 5 rings (SSSR count). The Morgan fingerprint density at radius 2 is 1.79 bits per heavy atom. The smallest absolute Gasteiger partial charge is 0.270 e. The van der Waals surface area contributed by atoms with Gasteiger partial charge in [0.15, 0.2) is 4.32 Å². The number of carbonyl (C=O) groups excluding carboxylic acids is 1. The van der Waals surface area contributed by atoms with Crippen molar-refractivity contribution in [2.45, 2.75) is 13.5 Å². The highest BCUT2D eigenvalue weighted by Gasteiger charge is 2.33. The second kappa shape index (κ2) is 8.99. The fraction of sp³-hybridized carbons (Fsp3) is 0.0769. The van der Waals surface area contributed by atoms with Crippen molar-refractivity contribution in [2.24, 2.45) is 0 Å². The average Bonchev–Trinajstić information content (AvgIpc) is 3.28. The molecule has 1 saturated heterocycles. The minimum atomic E-state index is -0.105. The minimum Gasteiger partial charge on any atom is -0.342 e. The molecule has 0 radical (unpaired) electrons. The van der Waals surface area contributed by atoms with Crippen LogP contribution in [0.25, 0.3) is 17.0 Å². The zero-order valence-electron chi connectivity index (χ0n) is 17.6. The molecule has 33 heavy (non-hydrogen) atoms. The lowest BCUT2D eigenvalue weighted by molar-refractivity contribution is -0.113. The molecule has 4 aromatic rings. The van der Waals surface area contributed by atoms with Gasteiger partial charge in [0.25, 0.3) is 5.91 Å². The van der Waals surface area contributed by atoms with Crippen LogP contribution in [-0.2, 0) is 11.3 Å². The van der Waals surface area contributed by atoms with Gasteiger partial charge in [-0.05, 0) is 48.9 Å². The predicted molar refractivity (Wildman–Crippen MR) is 144 cm³/mol. The molecule has 0 atom stereocenters. The number of rotatable bonds is 4. The first-order valence-electron chi connectivity index (χ1n) is 10.3. The van der Waals surface area contributed by atoms with Crippen molar-refractivity contribution in [2.75, 3.05) is 4.90 Å². The number of amides is 1. The maximum atomic E-state index is 13.2. The van der Waals surface area contributed by atoms with E-state index < -0.39 is 0 Å². The van der Waals surface area contributed by atoms with Crippen molar-refractivity contribution in [3.8, 4) is 0 Å². The number of aromatic nitrogens is 1. The fourth-order valence-electron chi connectivity index (χ4n) is 3.88. The molecule has 1 aromatic heterocycles. The molecule has 3 nitrogen and oxygen atoms in total. The van der Waals surface area contributed by atoms with E-state index in [4.69, 9.17) is 35.4 Å². The molecule has 0 unspecified atom stereocenters. The minimum absolute atomic E-state index is 0.105. The molecule has 1 fully saturated rings. The van der Waals surface area contributed by atoms with Crippen molar-refractivity contribution in [1.82, 2.24) is 4.57 Å². The molecule has 0 saturated carbocycles. The van der Waals surface area contributed by atoms with Crippen LogP contribution in [0, 0.1) is 6.92 Å². The number of anilines is 1. The highest BCUT2D eigenvalue weighted by atomic mass is 35.5. The van der Waals surface area contributed by atoms with E-state index in [1.807, 2.05) is 67.7 Å². The number of thiocarbonyl (C=S) groups is 1. The van der Waals surface area contributed by atoms with Crippen molar-refractivity contribution in [3.63, 3.8) is 0 Å². The van der Waals surface area contributed by atoms with Crippen LogP contribution in [0.1, 0.15) is 16.7 Å². The molecule has 1 aliphatic heterocycles. The Bertz CT molecular complexity index is 1440. The van der Waals surface area contributed by atoms with Gasteiger partial charge in [0, 0.05) is 39.3 Å². The molecule has 0 bridgehead atoms. The second-order valence-corrected chi connectivity index (χ2v) is 10.3. The van der Waals surface area contributed by atoms with Crippen LogP contribution in [0.4, 0.5) is 5.69 Å². The van der Waals surface area contributed by atoms with Gasteiger partial charge in [-0.25, -0.2) is 0 Å². The quantitative estimate of drug-likeness (QED) is 0.208. The molecule has 2 heterocycles. The number of hydrogen-bond acceptors (Lipinski definition) is 3. The van der Waals surface area contributed by atoms with Gasteiger partial charge < -0.3 is 4.57 Å². The van der Waals surface area contributed by atoms with Crippen molar-refractivity contribution >= 4 is 80.1 Å². The maximum absolute atomic E-state index is 13.2. The Kier molecular flexibility index (Phi) is 6.06. The van der Waals surface area contributed by atoms with Crippen molar-refractivity contribution < 1.29 is 4.79 Å². The standard InChI is InChI=1S/C26H18Cl2N2OS2/c1-16-6-10-20(11-7-16)30-25(31)24(33-26(30)32)12-18-15-29(23-5-3-2-4-21(18)23)14-17-8-9-19(27)13-22(17)28/h2-13,15H,14H2,1H3/b24-12-. The first-order chi connectivity index (χ1) is 15.9. The van der Waals surface area contributed by atoms with Crippen LogP contribution in [0.2, 0.25) is 10.0 Å². The third kappa shape index (κ3) is 4.34. The number of aryl methyl sites for hydroxylation is 1. The summed E-state index contributed by atoms with van der Waals surface area (Å²) in [5, 5.41) is 2.29. The van der Waals surface area contributed by atoms with E-state index >= 15 is 0 Å². The Labute approximate surface area is 211 Å². The summed E-state index contributed by atoms with van der Waals surface area (Å²) in [7, 11) is 0. The van der Waals surface area contributed by atoms with Crippen molar-refractivity contribution in [3.05, 3.63) is 105 Å². The Morgan fingerprint density at radius 3 is 2.55 bits per heavy atom. The summed E-state index contributed by atoms with van der Waals surface area (Å²) in [6.45, 7) is 2.61. The number of carbonyl (C=O) groups is 1. The molecule has 0 N–H and O–H groups in total. The third-order valence-electron chi connectivity index (χ3n) is 5.55. The molecule has 1 amide bonds. The molecule has 0 aliphatic carbocycles. The highest BCUT2D eigenvalue weighted by molar-refractivity contribution is 8.27. The molecule has 0 spiro atoms. The normalized spacial score (nSPS) is 15.2. The van der Waals surface area contributed by atoms with Crippen LogP contribution in [0.15, 0.2) is 77.8 Å².